The molecule has 0 bridgehead atoms. The Labute approximate surface area is 70.8 Å². The van der Waals surface area contributed by atoms with Gasteiger partial charge in [0.2, 0.25) is 0 Å². The number of nitrogens with one attached hydrogen (secondary N) is 1. The molecule has 62 valence electrons. The minimum absolute atomic E-state index is 0.131. The molecule has 0 fully saturated rings. The fourth-order valence-electron chi connectivity index (χ4n) is 1.53. The molecule has 1 aromatic heterocycles. The van der Waals surface area contributed by atoms with E-state index in [4.69, 9.17) is 0 Å². The molecule has 0 amide bonds. The average molecular weight is 162 g/mol. The summed E-state index contributed by atoms with van der Waals surface area (Å²) in [6.45, 7) is 2.31. The van der Waals surface area contributed by atoms with E-state index in [0.717, 1.165) is 11.3 Å². The zero-order valence-corrected chi connectivity index (χ0v) is 6.87. The van der Waals surface area contributed by atoms with E-state index >= 15 is 0 Å². The van der Waals surface area contributed by atoms with Crippen LogP contribution < -0.4 is 5.32 Å². The van der Waals surface area contributed by atoms with Gasteiger partial charge in [-0.25, -0.2) is 0 Å². The smallest absolute Gasteiger partial charge is 0.151 e. The molecule has 0 aliphatic carbocycles. The van der Waals surface area contributed by atoms with Crippen LogP contribution in [0.2, 0.25) is 0 Å². The molecule has 2 rings (SSSR count). The summed E-state index contributed by atoms with van der Waals surface area (Å²) < 4.78 is 0. The van der Waals surface area contributed by atoms with Gasteiger partial charge in [0.05, 0.1) is 11.7 Å². The number of carbonyl (C=O) groups is 1. The Bertz CT molecular complexity index is 322. The number of Topliss-reactive ketones (excluding diaryl/α,β-unsaturated/α-hetero) is 1. The van der Waals surface area contributed by atoms with Gasteiger partial charge in [-0.3, -0.25) is 15.1 Å². The zero-order valence-electron chi connectivity index (χ0n) is 6.87. The fourth-order valence-corrected chi connectivity index (χ4v) is 1.53. The number of carbonyl (C=O) groups excluding carboxylic acids is 1. The summed E-state index contributed by atoms with van der Waals surface area (Å²) in [6, 6.07) is 3.68. The maximum absolute atomic E-state index is 11.1. The fraction of sp³-hybridized carbons (Fsp3) is 0.333. The highest BCUT2D eigenvalue weighted by molar-refractivity contribution is 5.83. The van der Waals surface area contributed by atoms with E-state index in [0.29, 0.717) is 6.54 Å². The van der Waals surface area contributed by atoms with Crippen LogP contribution in [0.4, 0.5) is 0 Å². The summed E-state index contributed by atoms with van der Waals surface area (Å²) in [7, 11) is 0. The Balaban J connectivity index is 2.42. The number of ketones is 1. The van der Waals surface area contributed by atoms with Crippen molar-refractivity contribution in [3.63, 3.8) is 0 Å². The lowest BCUT2D eigenvalue weighted by Crippen LogP contribution is -2.19. The second kappa shape index (κ2) is 2.68. The predicted molar refractivity (Wildman–Crippen MR) is 44.5 cm³/mol. The Morgan fingerprint density at radius 3 is 3.33 bits per heavy atom. The maximum Gasteiger partial charge on any atom is 0.151 e. The quantitative estimate of drug-likeness (QED) is 0.664. The van der Waals surface area contributed by atoms with Crippen molar-refractivity contribution in [3.8, 4) is 0 Å². The first-order valence-corrected chi connectivity index (χ1v) is 3.96. The van der Waals surface area contributed by atoms with Crippen molar-refractivity contribution in [1.82, 2.24) is 10.3 Å². The molecule has 12 heavy (non-hydrogen) atoms. The molecule has 1 unspecified atom stereocenters. The molecule has 0 saturated carbocycles. The molecule has 1 atom stereocenters. The van der Waals surface area contributed by atoms with E-state index in [1.54, 1.807) is 13.1 Å². The molecule has 2 heterocycles. The Morgan fingerprint density at radius 2 is 2.58 bits per heavy atom. The Kier molecular flexibility index (Phi) is 1.66. The monoisotopic (exact) mass is 162 g/mol. The van der Waals surface area contributed by atoms with E-state index in [2.05, 4.69) is 10.3 Å². The van der Waals surface area contributed by atoms with Gasteiger partial charge in [-0.05, 0) is 18.6 Å². The van der Waals surface area contributed by atoms with Crippen molar-refractivity contribution in [3.05, 3.63) is 29.6 Å². The minimum atomic E-state index is -0.131. The molecular weight excluding hydrogens is 152 g/mol. The minimum Gasteiger partial charge on any atom is -0.298 e. The van der Waals surface area contributed by atoms with E-state index < -0.39 is 0 Å². The standard InChI is InChI=1S/C9H10N2O/c1-6(12)9-7-3-2-4-10-8(7)5-11-9/h2-4,9,11H,5H2,1H3. The number of nitrogens with zero attached hydrogens (tertiary/aromatic N) is 1. The molecule has 1 N–H and O–H groups in total. The highest BCUT2D eigenvalue weighted by atomic mass is 16.1. The SMILES string of the molecule is CC(=O)C1NCc2ncccc21. The van der Waals surface area contributed by atoms with Gasteiger partial charge >= 0.3 is 0 Å². The van der Waals surface area contributed by atoms with Gasteiger partial charge in [0.1, 0.15) is 0 Å². The topological polar surface area (TPSA) is 42.0 Å². The summed E-state index contributed by atoms with van der Waals surface area (Å²) in [4.78, 5) is 15.3. The second-order valence-corrected chi connectivity index (χ2v) is 2.96. The number of rotatable bonds is 1. The lowest BCUT2D eigenvalue weighted by atomic mass is 10.1. The summed E-state index contributed by atoms with van der Waals surface area (Å²) in [5.74, 6) is 0.154. The van der Waals surface area contributed by atoms with Gasteiger partial charge in [-0.2, -0.15) is 0 Å². The van der Waals surface area contributed by atoms with Crippen molar-refractivity contribution >= 4 is 5.78 Å². The van der Waals surface area contributed by atoms with Crippen LogP contribution in [0.5, 0.6) is 0 Å². The molecule has 1 aromatic rings. The number of fused-ring (bicyclic) bond motifs is 1. The largest absolute Gasteiger partial charge is 0.298 e. The lowest BCUT2D eigenvalue weighted by molar-refractivity contribution is -0.118. The predicted octanol–water partition coefficient (Wildman–Crippen LogP) is 0.815. The van der Waals surface area contributed by atoms with E-state index in [1.807, 2.05) is 12.1 Å². The van der Waals surface area contributed by atoms with Gasteiger partial charge in [-0.1, -0.05) is 6.07 Å². The molecule has 0 aromatic carbocycles. The number of hydrogen-bond acceptors (Lipinski definition) is 3. The van der Waals surface area contributed by atoms with Crippen LogP contribution in [0, 0.1) is 0 Å². The van der Waals surface area contributed by atoms with Crippen LogP contribution in [0.25, 0.3) is 0 Å². The summed E-state index contributed by atoms with van der Waals surface area (Å²) in [6.07, 6.45) is 1.75. The van der Waals surface area contributed by atoms with Crippen LogP contribution in [0.3, 0.4) is 0 Å². The molecule has 0 radical (unpaired) electrons. The third-order valence-corrected chi connectivity index (χ3v) is 2.12. The number of aromatic nitrogens is 1. The molecule has 3 nitrogen and oxygen atoms in total. The lowest BCUT2D eigenvalue weighted by Gasteiger charge is -2.05. The first kappa shape index (κ1) is 7.43. The van der Waals surface area contributed by atoms with Crippen LogP contribution >= 0.6 is 0 Å². The first-order valence-electron chi connectivity index (χ1n) is 3.96. The molecule has 1 aliphatic heterocycles. The third-order valence-electron chi connectivity index (χ3n) is 2.12. The van der Waals surface area contributed by atoms with Crippen molar-refractivity contribution in [2.24, 2.45) is 0 Å². The highest BCUT2D eigenvalue weighted by Crippen LogP contribution is 2.23. The number of pyridine rings is 1. The maximum atomic E-state index is 11.1. The Hall–Kier alpha value is -1.22. The molecular formula is C9H10N2O. The summed E-state index contributed by atoms with van der Waals surface area (Å²) in [5, 5.41) is 3.11. The Morgan fingerprint density at radius 1 is 1.75 bits per heavy atom. The molecule has 0 spiro atoms. The van der Waals surface area contributed by atoms with E-state index in [9.17, 15) is 4.79 Å². The summed E-state index contributed by atoms with van der Waals surface area (Å²) >= 11 is 0. The van der Waals surface area contributed by atoms with Gasteiger partial charge in [0, 0.05) is 12.7 Å². The first-order chi connectivity index (χ1) is 5.79. The number of hydrogen-bond donors (Lipinski definition) is 1. The van der Waals surface area contributed by atoms with Crippen LogP contribution in [0.15, 0.2) is 18.3 Å². The molecule has 3 heteroatoms. The van der Waals surface area contributed by atoms with E-state index in [1.165, 1.54) is 0 Å². The second-order valence-electron chi connectivity index (χ2n) is 2.96. The molecule has 1 aliphatic rings. The van der Waals surface area contributed by atoms with Crippen LogP contribution in [0.1, 0.15) is 24.2 Å². The normalized spacial score (nSPS) is 20.6. The van der Waals surface area contributed by atoms with Crippen LogP contribution in [-0.2, 0) is 11.3 Å². The third kappa shape index (κ3) is 1.02. The van der Waals surface area contributed by atoms with Crippen molar-refractivity contribution in [1.29, 1.82) is 0 Å². The summed E-state index contributed by atoms with van der Waals surface area (Å²) in [5.41, 5.74) is 2.03. The zero-order chi connectivity index (χ0) is 8.55. The molecule has 0 saturated heterocycles. The van der Waals surface area contributed by atoms with Gasteiger partial charge in [0.15, 0.2) is 5.78 Å². The van der Waals surface area contributed by atoms with Gasteiger partial charge in [0.25, 0.3) is 0 Å². The van der Waals surface area contributed by atoms with Crippen molar-refractivity contribution in [2.75, 3.05) is 0 Å². The highest BCUT2D eigenvalue weighted by Gasteiger charge is 2.25. The van der Waals surface area contributed by atoms with Crippen LogP contribution in [-0.4, -0.2) is 10.8 Å². The average Bonchev–Trinajstić information content (AvgIpc) is 2.47. The van der Waals surface area contributed by atoms with Gasteiger partial charge < -0.3 is 0 Å². The van der Waals surface area contributed by atoms with E-state index in [-0.39, 0.29) is 11.8 Å². The van der Waals surface area contributed by atoms with Gasteiger partial charge in [-0.15, -0.1) is 0 Å². The van der Waals surface area contributed by atoms with Crippen molar-refractivity contribution < 1.29 is 4.79 Å². The van der Waals surface area contributed by atoms with Crippen molar-refractivity contribution in [2.45, 2.75) is 19.5 Å².